The van der Waals surface area contributed by atoms with Crippen molar-refractivity contribution >= 4 is 7.75 Å². The monoisotopic (exact) mass is 305 g/mol. The number of hydrogen-bond donors (Lipinski definition) is 0. The van der Waals surface area contributed by atoms with Gasteiger partial charge in [0.25, 0.3) is 0 Å². The molecule has 0 saturated carbocycles. The highest BCUT2D eigenvalue weighted by Gasteiger charge is 2.26. The molecule has 0 aliphatic carbocycles. The third-order valence-electron chi connectivity index (χ3n) is 2.08. The van der Waals surface area contributed by atoms with Crippen LogP contribution in [0.3, 0.4) is 0 Å². The minimum atomic E-state index is -3.95. The Labute approximate surface area is 123 Å². The molecule has 0 fully saturated rings. The normalized spacial score (nSPS) is 9.62. The van der Waals surface area contributed by atoms with Crippen molar-refractivity contribution in [3.63, 3.8) is 0 Å². The quantitative estimate of drug-likeness (QED) is 0.312. The van der Waals surface area contributed by atoms with Crippen LogP contribution in [-0.2, 0) is 4.57 Å². The van der Waals surface area contributed by atoms with E-state index < -0.39 is 7.75 Å². The summed E-state index contributed by atoms with van der Waals surface area (Å²) >= 11 is 0. The second-order valence-corrected chi connectivity index (χ2v) is 4.94. The summed E-state index contributed by atoms with van der Waals surface area (Å²) in [6.07, 6.45) is 0. The third-order valence-corrected chi connectivity index (χ3v) is 3.26. The van der Waals surface area contributed by atoms with E-state index in [-0.39, 0.29) is 0 Å². The molecule has 7 heteroatoms. The summed E-state index contributed by atoms with van der Waals surface area (Å²) < 4.78 is 22.6. The molecule has 2 rings (SSSR count). The summed E-state index contributed by atoms with van der Waals surface area (Å²) in [5.74, 6) is 0.600. The summed E-state index contributed by atoms with van der Waals surface area (Å²) in [6, 6.07) is 16.8. The predicted molar refractivity (Wildman–Crippen MR) is 82.2 cm³/mol. The molecule has 0 amide bonds. The van der Waals surface area contributed by atoms with Crippen molar-refractivity contribution in [2.45, 2.75) is 13.8 Å². The summed E-state index contributed by atoms with van der Waals surface area (Å²) in [4.78, 5) is 5.65. The predicted octanol–water partition coefficient (Wildman–Crippen LogP) is 5.59. The number of hydrogen-bond acceptors (Lipinski definition) is 3. The average Bonchev–Trinajstić information content (AvgIpc) is 2.51. The van der Waals surface area contributed by atoms with E-state index in [4.69, 9.17) is 14.6 Å². The van der Waals surface area contributed by atoms with E-state index in [0.717, 1.165) is 0 Å². The third kappa shape index (κ3) is 5.61. The Bertz CT molecular complexity index is 583. The molecule has 0 aliphatic heterocycles. The maximum atomic E-state index is 12.3. The number of azide groups is 1. The Kier molecular flexibility index (Phi) is 6.88. The molecule has 2 aromatic rings. The maximum Gasteiger partial charge on any atom is 0.525 e. The summed E-state index contributed by atoms with van der Waals surface area (Å²) in [5, 5.41) is 0. The average molecular weight is 305 g/mol. The van der Waals surface area contributed by atoms with E-state index in [0.29, 0.717) is 11.5 Å². The van der Waals surface area contributed by atoms with Gasteiger partial charge in [-0.2, -0.15) is 0 Å². The van der Waals surface area contributed by atoms with E-state index >= 15 is 0 Å². The molecular formula is C14H16N3O3P. The molecule has 0 saturated heterocycles. The highest BCUT2D eigenvalue weighted by molar-refractivity contribution is 7.53. The van der Waals surface area contributed by atoms with Crippen LogP contribution >= 0.6 is 7.75 Å². The van der Waals surface area contributed by atoms with Gasteiger partial charge in [-0.25, -0.2) is 4.57 Å². The van der Waals surface area contributed by atoms with Crippen molar-refractivity contribution in [3.05, 3.63) is 71.1 Å². The molecule has 0 aliphatic rings. The zero-order chi connectivity index (χ0) is 15.6. The van der Waals surface area contributed by atoms with Gasteiger partial charge in [-0.3, -0.25) is 0 Å². The second kappa shape index (κ2) is 8.69. The molecule has 0 N–H and O–H groups in total. The molecule has 0 atom stereocenters. The second-order valence-electron chi connectivity index (χ2n) is 3.46. The van der Waals surface area contributed by atoms with Gasteiger partial charge in [0.15, 0.2) is 0 Å². The van der Waals surface area contributed by atoms with Gasteiger partial charge in [0.2, 0.25) is 0 Å². The highest BCUT2D eigenvalue weighted by atomic mass is 31.2. The zero-order valence-corrected chi connectivity index (χ0v) is 12.7. The van der Waals surface area contributed by atoms with Crippen molar-refractivity contribution < 1.29 is 13.6 Å². The first-order chi connectivity index (χ1) is 10.2. The number of para-hydroxylation sites is 2. The Balaban J connectivity index is 0.00000106. The van der Waals surface area contributed by atoms with Crippen LogP contribution in [0.4, 0.5) is 0 Å². The van der Waals surface area contributed by atoms with Crippen LogP contribution in [0.1, 0.15) is 13.8 Å². The minimum Gasteiger partial charge on any atom is -0.411 e. The van der Waals surface area contributed by atoms with Gasteiger partial charge in [-0.15, -0.1) is 0 Å². The minimum absolute atomic E-state index is 0.300. The Morgan fingerprint density at radius 3 is 1.62 bits per heavy atom. The van der Waals surface area contributed by atoms with Gasteiger partial charge in [0, 0.05) is 9.80 Å². The van der Waals surface area contributed by atoms with E-state index in [1.807, 2.05) is 13.8 Å². The Morgan fingerprint density at radius 2 is 1.29 bits per heavy atom. The largest absolute Gasteiger partial charge is 0.525 e. The molecule has 0 spiro atoms. The lowest BCUT2D eigenvalue weighted by molar-refractivity contribution is 0.387. The summed E-state index contributed by atoms with van der Waals surface area (Å²) in [6.45, 7) is 4.00. The molecule has 0 radical (unpaired) electrons. The van der Waals surface area contributed by atoms with Crippen LogP contribution in [0.25, 0.3) is 10.4 Å². The van der Waals surface area contributed by atoms with Gasteiger partial charge < -0.3 is 9.05 Å². The zero-order valence-electron chi connectivity index (χ0n) is 11.8. The maximum absolute atomic E-state index is 12.3. The molecular weight excluding hydrogens is 289 g/mol. The number of nitrogens with zero attached hydrogens (tertiary/aromatic N) is 3. The summed E-state index contributed by atoms with van der Waals surface area (Å²) in [5.41, 5.74) is 8.48. The van der Waals surface area contributed by atoms with Crippen molar-refractivity contribution in [2.75, 3.05) is 0 Å². The van der Waals surface area contributed by atoms with E-state index in [1.54, 1.807) is 60.7 Å². The lowest BCUT2D eigenvalue weighted by atomic mass is 10.3. The topological polar surface area (TPSA) is 84.3 Å². The van der Waals surface area contributed by atoms with Crippen molar-refractivity contribution in [3.8, 4) is 11.5 Å². The van der Waals surface area contributed by atoms with E-state index in [2.05, 4.69) is 9.80 Å². The summed E-state index contributed by atoms with van der Waals surface area (Å²) in [7, 11) is -3.95. The molecule has 21 heavy (non-hydrogen) atoms. The molecule has 0 bridgehead atoms. The number of benzene rings is 2. The van der Waals surface area contributed by atoms with Gasteiger partial charge in [0.05, 0.1) is 0 Å². The Hall–Kier alpha value is -2.42. The molecule has 0 heterocycles. The lowest BCUT2D eigenvalue weighted by Crippen LogP contribution is -1.97. The van der Waals surface area contributed by atoms with E-state index in [1.165, 1.54) is 0 Å². The first kappa shape index (κ1) is 16.6. The van der Waals surface area contributed by atoms with Crippen molar-refractivity contribution in [2.24, 2.45) is 4.88 Å². The smallest absolute Gasteiger partial charge is 0.411 e. The molecule has 2 aromatic carbocycles. The standard InChI is InChI=1S/C12H10N3O3P.C2H6/c13-14-15-19(16,17-11-7-3-1-4-8-11)18-12-9-5-2-6-10-12;1-2/h1-10H;1-2H3. The number of rotatable bonds is 5. The fraction of sp³-hybridized carbons (Fsp3) is 0.143. The van der Waals surface area contributed by atoms with Crippen LogP contribution in [0.2, 0.25) is 0 Å². The van der Waals surface area contributed by atoms with Gasteiger partial charge in [-0.05, 0) is 29.8 Å². The van der Waals surface area contributed by atoms with Crippen molar-refractivity contribution in [1.29, 1.82) is 0 Å². The molecule has 6 nitrogen and oxygen atoms in total. The molecule has 0 unspecified atom stereocenters. The first-order valence-electron chi connectivity index (χ1n) is 6.38. The van der Waals surface area contributed by atoms with Crippen LogP contribution in [0.15, 0.2) is 65.5 Å². The van der Waals surface area contributed by atoms with Crippen molar-refractivity contribution in [1.82, 2.24) is 0 Å². The van der Waals surface area contributed by atoms with Crippen LogP contribution in [0.5, 0.6) is 11.5 Å². The lowest BCUT2D eigenvalue weighted by Gasteiger charge is -2.14. The van der Waals surface area contributed by atoms with Gasteiger partial charge in [0.1, 0.15) is 11.5 Å². The van der Waals surface area contributed by atoms with Gasteiger partial charge in [-0.1, -0.05) is 50.2 Å². The Morgan fingerprint density at radius 1 is 0.905 bits per heavy atom. The van der Waals surface area contributed by atoms with Gasteiger partial charge >= 0.3 is 7.75 Å². The van der Waals surface area contributed by atoms with Crippen LogP contribution in [0, 0.1) is 0 Å². The van der Waals surface area contributed by atoms with E-state index in [9.17, 15) is 4.57 Å². The fourth-order valence-corrected chi connectivity index (χ4v) is 2.32. The SMILES string of the molecule is CC.[N-]=[N+]=NP(=O)(Oc1ccccc1)Oc1ccccc1. The van der Waals surface area contributed by atoms with Crippen LogP contribution < -0.4 is 9.05 Å². The molecule has 0 aromatic heterocycles. The highest BCUT2D eigenvalue weighted by Crippen LogP contribution is 2.49. The fourth-order valence-electron chi connectivity index (χ4n) is 1.33. The first-order valence-corrected chi connectivity index (χ1v) is 7.87. The molecule has 110 valence electrons. The van der Waals surface area contributed by atoms with Crippen LogP contribution in [-0.4, -0.2) is 0 Å².